The number of carbonyl (C=O) groups excluding carboxylic acids is 1. The summed E-state index contributed by atoms with van der Waals surface area (Å²) >= 11 is 0. The van der Waals surface area contributed by atoms with Crippen LogP contribution in [-0.2, 0) is 9.53 Å². The van der Waals surface area contributed by atoms with Gasteiger partial charge in [-0.1, -0.05) is 88.7 Å². The maximum absolute atomic E-state index is 9.75. The van der Waals surface area contributed by atoms with Crippen LogP contribution >= 0.6 is 0 Å². The van der Waals surface area contributed by atoms with Crippen molar-refractivity contribution in [1.29, 1.82) is 0 Å². The van der Waals surface area contributed by atoms with E-state index in [-0.39, 0.29) is 18.0 Å². The van der Waals surface area contributed by atoms with Gasteiger partial charge in [0.25, 0.3) is 0 Å². The zero-order valence-electron chi connectivity index (χ0n) is 18.7. The molecular weight excluding hydrogens is 352 g/mol. The first-order valence-corrected chi connectivity index (χ1v) is 9.91. The molecule has 0 bridgehead atoms. The molecule has 1 heterocycles. The van der Waals surface area contributed by atoms with Gasteiger partial charge in [0.15, 0.2) is 0 Å². The van der Waals surface area contributed by atoms with Crippen LogP contribution in [0.3, 0.4) is 0 Å². The molecule has 0 aromatic heterocycles. The van der Waals surface area contributed by atoms with E-state index in [4.69, 9.17) is 4.74 Å². The molecule has 4 heteroatoms. The van der Waals surface area contributed by atoms with Crippen LogP contribution in [0.5, 0.6) is 5.75 Å². The third-order valence-electron chi connectivity index (χ3n) is 3.51. The summed E-state index contributed by atoms with van der Waals surface area (Å²) in [5.74, 6) is 0.771. The Bertz CT molecular complexity index is 611. The molecule has 1 aliphatic heterocycles. The summed E-state index contributed by atoms with van der Waals surface area (Å²) in [5, 5.41) is 9.75. The van der Waals surface area contributed by atoms with Crippen molar-refractivity contribution < 1.29 is 19.4 Å². The van der Waals surface area contributed by atoms with Crippen LogP contribution in [0, 0.1) is 12.8 Å². The molecule has 3 rings (SSSR count). The zero-order valence-corrected chi connectivity index (χ0v) is 18.7. The third kappa shape index (κ3) is 12.1. The second-order valence-corrected chi connectivity index (χ2v) is 5.62. The Kier molecular flexibility index (Phi) is 18.0. The van der Waals surface area contributed by atoms with E-state index in [1.54, 1.807) is 0 Å². The average Bonchev–Trinajstić information content (AvgIpc) is 2.75. The Morgan fingerprint density at radius 1 is 1.00 bits per heavy atom. The van der Waals surface area contributed by atoms with E-state index in [1.165, 1.54) is 19.6 Å². The number of ether oxygens (including phenoxy) is 2. The monoisotopic (exact) mass is 390 g/mol. The lowest BCUT2D eigenvalue weighted by molar-refractivity contribution is -0.137. The predicted molar refractivity (Wildman–Crippen MR) is 118 cm³/mol. The first-order valence-electron chi connectivity index (χ1n) is 9.91. The molecule has 1 aliphatic rings. The highest BCUT2D eigenvalue weighted by Crippen LogP contribution is 2.34. The Balaban J connectivity index is 0. The SMILES string of the molecule is CC.CC.COC(C)=O.C[C@H]1COc2ccccc2[C@@H]1O.Cc1ccccc1. The Morgan fingerprint density at radius 2 is 1.46 bits per heavy atom. The summed E-state index contributed by atoms with van der Waals surface area (Å²) in [7, 11) is 1.35. The molecule has 0 radical (unpaired) electrons. The summed E-state index contributed by atoms with van der Waals surface area (Å²) in [6.07, 6.45) is -0.366. The summed E-state index contributed by atoms with van der Waals surface area (Å²) in [6, 6.07) is 17.9. The highest BCUT2D eigenvalue weighted by molar-refractivity contribution is 5.65. The zero-order chi connectivity index (χ0) is 21.9. The van der Waals surface area contributed by atoms with E-state index >= 15 is 0 Å². The van der Waals surface area contributed by atoms with Crippen molar-refractivity contribution in [2.24, 2.45) is 5.92 Å². The number of carbonyl (C=O) groups is 1. The fourth-order valence-corrected chi connectivity index (χ4v) is 2.01. The van der Waals surface area contributed by atoms with Crippen molar-refractivity contribution in [2.45, 2.75) is 54.6 Å². The minimum atomic E-state index is -0.366. The fourth-order valence-electron chi connectivity index (χ4n) is 2.01. The lowest BCUT2D eigenvalue weighted by Gasteiger charge is -2.27. The molecular formula is C24H38O4. The standard InChI is InChI=1S/C10H12O2.C7H8.C3H6O2.2C2H6/c1-7-6-12-9-5-3-2-4-8(9)10(7)11;1-7-5-3-2-4-6-7;1-3(4)5-2;2*1-2/h2-5,7,10-11H,6H2,1H3;2-6H,1H3;1-2H3;2*1-2H3/t7-,10+;;;;/m0..../s1. The molecule has 2 atom stereocenters. The average molecular weight is 391 g/mol. The molecule has 1 N–H and O–H groups in total. The predicted octanol–water partition coefficient (Wildman–Crippen LogP) is 5.98. The maximum atomic E-state index is 9.75. The van der Waals surface area contributed by atoms with Gasteiger partial charge in [0.05, 0.1) is 19.8 Å². The first-order chi connectivity index (χ1) is 13.5. The van der Waals surface area contributed by atoms with Gasteiger partial charge in [-0.3, -0.25) is 4.79 Å². The number of hydrogen-bond donors (Lipinski definition) is 1. The Hall–Kier alpha value is -2.33. The number of para-hydroxylation sites is 1. The molecule has 2 aromatic carbocycles. The second-order valence-electron chi connectivity index (χ2n) is 5.62. The van der Waals surface area contributed by atoms with Crippen LogP contribution in [0.2, 0.25) is 0 Å². The first kappa shape index (κ1) is 27.9. The number of aliphatic hydroxyl groups is 1. The van der Waals surface area contributed by atoms with Gasteiger partial charge in [-0.2, -0.15) is 0 Å². The van der Waals surface area contributed by atoms with Gasteiger partial charge in [0.1, 0.15) is 5.75 Å². The molecule has 2 aromatic rings. The largest absolute Gasteiger partial charge is 0.493 e. The minimum absolute atomic E-state index is 0.194. The van der Waals surface area contributed by atoms with Crippen LogP contribution < -0.4 is 4.74 Å². The van der Waals surface area contributed by atoms with Gasteiger partial charge >= 0.3 is 5.97 Å². The molecule has 0 fully saturated rings. The third-order valence-corrected chi connectivity index (χ3v) is 3.51. The van der Waals surface area contributed by atoms with Crippen molar-refractivity contribution in [3.8, 4) is 5.75 Å². The van der Waals surface area contributed by atoms with E-state index < -0.39 is 0 Å². The Morgan fingerprint density at radius 3 is 1.89 bits per heavy atom. The van der Waals surface area contributed by atoms with Crippen molar-refractivity contribution >= 4 is 5.97 Å². The topological polar surface area (TPSA) is 55.8 Å². The van der Waals surface area contributed by atoms with E-state index in [2.05, 4.69) is 23.8 Å². The lowest BCUT2D eigenvalue weighted by Crippen LogP contribution is -2.23. The highest BCUT2D eigenvalue weighted by atomic mass is 16.5. The van der Waals surface area contributed by atoms with Crippen LogP contribution in [0.1, 0.15) is 58.8 Å². The van der Waals surface area contributed by atoms with Crippen molar-refractivity contribution in [3.05, 3.63) is 65.7 Å². The fraction of sp³-hybridized carbons (Fsp3) is 0.458. The van der Waals surface area contributed by atoms with Crippen molar-refractivity contribution in [3.63, 3.8) is 0 Å². The maximum Gasteiger partial charge on any atom is 0.302 e. The second kappa shape index (κ2) is 18.1. The summed E-state index contributed by atoms with van der Waals surface area (Å²) in [5.41, 5.74) is 2.23. The summed E-state index contributed by atoms with van der Waals surface area (Å²) < 4.78 is 9.56. The number of hydrogen-bond acceptors (Lipinski definition) is 4. The highest BCUT2D eigenvalue weighted by Gasteiger charge is 2.24. The minimum Gasteiger partial charge on any atom is -0.493 e. The van der Waals surface area contributed by atoms with E-state index in [9.17, 15) is 9.90 Å². The van der Waals surface area contributed by atoms with Crippen molar-refractivity contribution in [2.75, 3.05) is 13.7 Å². The number of rotatable bonds is 0. The summed E-state index contributed by atoms with van der Waals surface area (Å²) in [4.78, 5) is 9.59. The normalized spacial score (nSPS) is 15.6. The number of esters is 1. The van der Waals surface area contributed by atoms with E-state index in [0.29, 0.717) is 6.61 Å². The molecule has 158 valence electrons. The molecule has 0 saturated heterocycles. The van der Waals surface area contributed by atoms with Gasteiger partial charge < -0.3 is 14.6 Å². The molecule has 0 unspecified atom stereocenters. The number of aliphatic hydroxyl groups excluding tert-OH is 1. The number of aryl methyl sites for hydroxylation is 1. The number of fused-ring (bicyclic) bond motifs is 1. The van der Waals surface area contributed by atoms with Crippen LogP contribution in [0.15, 0.2) is 54.6 Å². The van der Waals surface area contributed by atoms with Crippen LogP contribution in [-0.4, -0.2) is 24.8 Å². The lowest BCUT2D eigenvalue weighted by atomic mass is 9.95. The molecule has 4 nitrogen and oxygen atoms in total. The van der Waals surface area contributed by atoms with Crippen LogP contribution in [0.25, 0.3) is 0 Å². The van der Waals surface area contributed by atoms with Gasteiger partial charge in [-0.25, -0.2) is 0 Å². The van der Waals surface area contributed by atoms with E-state index in [1.807, 2.05) is 77.1 Å². The molecule has 0 amide bonds. The van der Waals surface area contributed by atoms with Gasteiger partial charge in [-0.15, -0.1) is 0 Å². The molecule has 0 spiro atoms. The van der Waals surface area contributed by atoms with E-state index in [0.717, 1.165) is 11.3 Å². The van der Waals surface area contributed by atoms with Crippen LogP contribution in [0.4, 0.5) is 0 Å². The Labute approximate surface area is 171 Å². The number of benzene rings is 2. The summed E-state index contributed by atoms with van der Waals surface area (Å²) in [6.45, 7) is 14.0. The molecule has 28 heavy (non-hydrogen) atoms. The smallest absolute Gasteiger partial charge is 0.302 e. The molecule has 0 aliphatic carbocycles. The molecule has 0 saturated carbocycles. The number of methoxy groups -OCH3 is 1. The van der Waals surface area contributed by atoms with Crippen molar-refractivity contribution in [1.82, 2.24) is 0 Å². The quantitative estimate of drug-likeness (QED) is 0.563. The van der Waals surface area contributed by atoms with Gasteiger partial charge in [0, 0.05) is 18.4 Å². The van der Waals surface area contributed by atoms with Gasteiger partial charge in [-0.05, 0) is 13.0 Å². The van der Waals surface area contributed by atoms with Gasteiger partial charge in [0.2, 0.25) is 0 Å².